The average molecular weight is 277 g/mol. The zero-order valence-corrected chi connectivity index (χ0v) is 11.9. The molecule has 5 nitrogen and oxygen atoms in total. The van der Waals surface area contributed by atoms with Gasteiger partial charge in [0, 0.05) is 37.4 Å². The van der Waals surface area contributed by atoms with Gasteiger partial charge in [-0.15, -0.1) is 0 Å². The maximum atomic E-state index is 11.9. The zero-order valence-electron chi connectivity index (χ0n) is 11.9. The molecule has 1 aliphatic heterocycles. The molecule has 1 saturated heterocycles. The number of nitrogens with two attached hydrogens (primary N) is 1. The molecule has 0 unspecified atom stereocenters. The molecule has 5 heteroatoms. The molecule has 0 atom stereocenters. The summed E-state index contributed by atoms with van der Waals surface area (Å²) in [4.78, 5) is 14.2. The SMILES string of the molecule is Cc1cc(N)ccc1NC(=O)CCN1CCC(O)CC1. The fourth-order valence-electron chi connectivity index (χ4n) is 2.44. The Morgan fingerprint density at radius 2 is 2.15 bits per heavy atom. The van der Waals surface area contributed by atoms with E-state index in [0.717, 1.165) is 43.7 Å². The standard InChI is InChI=1S/C15H23N3O2/c1-11-10-12(16)2-3-14(11)17-15(20)6-9-18-7-4-13(19)5-8-18/h2-3,10,13,19H,4-9,16H2,1H3,(H,17,20). The Bertz CT molecular complexity index is 468. The van der Waals surface area contributed by atoms with E-state index in [0.29, 0.717) is 12.1 Å². The quantitative estimate of drug-likeness (QED) is 0.726. The van der Waals surface area contributed by atoms with Crippen LogP contribution >= 0.6 is 0 Å². The van der Waals surface area contributed by atoms with Gasteiger partial charge in [0.2, 0.25) is 5.91 Å². The maximum absolute atomic E-state index is 11.9. The third kappa shape index (κ3) is 4.21. The van der Waals surface area contributed by atoms with Crippen LogP contribution in [0.4, 0.5) is 11.4 Å². The maximum Gasteiger partial charge on any atom is 0.225 e. The fraction of sp³-hybridized carbons (Fsp3) is 0.533. The monoisotopic (exact) mass is 277 g/mol. The highest BCUT2D eigenvalue weighted by molar-refractivity contribution is 5.91. The lowest BCUT2D eigenvalue weighted by atomic mass is 10.1. The first-order chi connectivity index (χ1) is 9.54. The molecule has 0 aromatic heterocycles. The van der Waals surface area contributed by atoms with E-state index >= 15 is 0 Å². The molecule has 1 aromatic rings. The predicted octanol–water partition coefficient (Wildman–Crippen LogP) is 1.36. The first-order valence-corrected chi connectivity index (χ1v) is 7.11. The largest absolute Gasteiger partial charge is 0.399 e. The van der Waals surface area contributed by atoms with Crippen molar-refractivity contribution in [2.75, 3.05) is 30.7 Å². The van der Waals surface area contributed by atoms with E-state index in [1.807, 2.05) is 19.1 Å². The summed E-state index contributed by atoms with van der Waals surface area (Å²) < 4.78 is 0. The molecule has 1 amide bonds. The fourth-order valence-corrected chi connectivity index (χ4v) is 2.44. The summed E-state index contributed by atoms with van der Waals surface area (Å²) in [5.41, 5.74) is 8.18. The number of hydrogen-bond donors (Lipinski definition) is 3. The molecule has 4 N–H and O–H groups in total. The van der Waals surface area contributed by atoms with Crippen LogP contribution in [0.5, 0.6) is 0 Å². The molecule has 0 bridgehead atoms. The number of piperidine rings is 1. The van der Waals surface area contributed by atoms with E-state index < -0.39 is 0 Å². The second kappa shape index (κ2) is 6.72. The summed E-state index contributed by atoms with van der Waals surface area (Å²) >= 11 is 0. The van der Waals surface area contributed by atoms with Crippen LogP contribution in [-0.2, 0) is 4.79 Å². The highest BCUT2D eigenvalue weighted by atomic mass is 16.3. The average Bonchev–Trinajstić information content (AvgIpc) is 2.41. The lowest BCUT2D eigenvalue weighted by Crippen LogP contribution is -2.37. The number of aliphatic hydroxyl groups is 1. The topological polar surface area (TPSA) is 78.6 Å². The van der Waals surface area contributed by atoms with Gasteiger partial charge in [-0.1, -0.05) is 0 Å². The summed E-state index contributed by atoms with van der Waals surface area (Å²) in [6, 6.07) is 5.47. The molecular weight excluding hydrogens is 254 g/mol. The van der Waals surface area contributed by atoms with Crippen molar-refractivity contribution in [2.45, 2.75) is 32.3 Å². The summed E-state index contributed by atoms with van der Waals surface area (Å²) in [6.45, 7) is 4.41. The number of nitrogens with zero attached hydrogens (tertiary/aromatic N) is 1. The Labute approximate surface area is 119 Å². The Balaban J connectivity index is 1.78. The molecule has 0 spiro atoms. The molecule has 1 fully saturated rings. The van der Waals surface area contributed by atoms with Gasteiger partial charge in [0.1, 0.15) is 0 Å². The van der Waals surface area contributed by atoms with E-state index in [4.69, 9.17) is 5.73 Å². The number of benzene rings is 1. The number of amides is 1. The lowest BCUT2D eigenvalue weighted by Gasteiger charge is -2.29. The van der Waals surface area contributed by atoms with E-state index in [-0.39, 0.29) is 12.0 Å². The van der Waals surface area contributed by atoms with Gasteiger partial charge in [0.05, 0.1) is 6.10 Å². The molecule has 0 saturated carbocycles. The summed E-state index contributed by atoms with van der Waals surface area (Å²) in [5, 5.41) is 12.4. The van der Waals surface area contributed by atoms with Crippen molar-refractivity contribution in [1.82, 2.24) is 4.90 Å². The second-order valence-electron chi connectivity index (χ2n) is 5.45. The lowest BCUT2D eigenvalue weighted by molar-refractivity contribution is -0.116. The number of hydrogen-bond acceptors (Lipinski definition) is 4. The van der Waals surface area contributed by atoms with Crippen molar-refractivity contribution in [2.24, 2.45) is 0 Å². The highest BCUT2D eigenvalue weighted by Gasteiger charge is 2.17. The smallest absolute Gasteiger partial charge is 0.225 e. The number of nitrogens with one attached hydrogen (secondary N) is 1. The van der Waals surface area contributed by atoms with Gasteiger partial charge in [-0.3, -0.25) is 4.79 Å². The summed E-state index contributed by atoms with van der Waals surface area (Å²) in [7, 11) is 0. The molecule has 1 aliphatic rings. The third-order valence-corrected chi connectivity index (χ3v) is 3.74. The molecule has 0 aliphatic carbocycles. The van der Waals surface area contributed by atoms with Crippen LogP contribution in [0.15, 0.2) is 18.2 Å². The van der Waals surface area contributed by atoms with Crippen LogP contribution in [0, 0.1) is 6.92 Å². The molecule has 2 rings (SSSR count). The number of likely N-dealkylation sites (tertiary alicyclic amines) is 1. The number of aryl methyl sites for hydroxylation is 1. The van der Waals surface area contributed by atoms with Crippen molar-refractivity contribution in [3.8, 4) is 0 Å². The van der Waals surface area contributed by atoms with Crippen molar-refractivity contribution in [3.05, 3.63) is 23.8 Å². The van der Waals surface area contributed by atoms with E-state index in [2.05, 4.69) is 10.2 Å². The highest BCUT2D eigenvalue weighted by Crippen LogP contribution is 2.18. The van der Waals surface area contributed by atoms with Crippen molar-refractivity contribution in [3.63, 3.8) is 0 Å². The first-order valence-electron chi connectivity index (χ1n) is 7.11. The molecule has 110 valence electrons. The van der Waals surface area contributed by atoms with Gasteiger partial charge in [-0.25, -0.2) is 0 Å². The second-order valence-corrected chi connectivity index (χ2v) is 5.45. The molecule has 1 aromatic carbocycles. The van der Waals surface area contributed by atoms with Crippen LogP contribution in [-0.4, -0.2) is 41.7 Å². The number of aliphatic hydroxyl groups excluding tert-OH is 1. The minimum Gasteiger partial charge on any atom is -0.399 e. The Morgan fingerprint density at radius 3 is 2.80 bits per heavy atom. The van der Waals surface area contributed by atoms with Crippen LogP contribution < -0.4 is 11.1 Å². The Morgan fingerprint density at radius 1 is 1.45 bits per heavy atom. The number of rotatable bonds is 4. The summed E-state index contributed by atoms with van der Waals surface area (Å²) in [5.74, 6) is 0.0176. The number of carbonyl (C=O) groups excluding carboxylic acids is 1. The minimum absolute atomic E-state index is 0.0176. The van der Waals surface area contributed by atoms with Crippen molar-refractivity contribution < 1.29 is 9.90 Å². The van der Waals surface area contributed by atoms with Gasteiger partial charge in [-0.2, -0.15) is 0 Å². The Hall–Kier alpha value is -1.59. The van der Waals surface area contributed by atoms with Crippen LogP contribution in [0.2, 0.25) is 0 Å². The van der Waals surface area contributed by atoms with E-state index in [1.54, 1.807) is 6.07 Å². The van der Waals surface area contributed by atoms with Crippen molar-refractivity contribution in [1.29, 1.82) is 0 Å². The molecule has 0 radical (unpaired) electrons. The third-order valence-electron chi connectivity index (χ3n) is 3.74. The van der Waals surface area contributed by atoms with Gasteiger partial charge < -0.3 is 21.1 Å². The zero-order chi connectivity index (χ0) is 14.5. The molecule has 20 heavy (non-hydrogen) atoms. The molecular formula is C15H23N3O2. The number of carbonyl (C=O) groups is 1. The summed E-state index contributed by atoms with van der Waals surface area (Å²) in [6.07, 6.45) is 1.91. The van der Waals surface area contributed by atoms with Gasteiger partial charge >= 0.3 is 0 Å². The van der Waals surface area contributed by atoms with Gasteiger partial charge in [-0.05, 0) is 43.5 Å². The van der Waals surface area contributed by atoms with Gasteiger partial charge in [0.25, 0.3) is 0 Å². The van der Waals surface area contributed by atoms with Crippen LogP contribution in [0.3, 0.4) is 0 Å². The first kappa shape index (κ1) is 14.8. The van der Waals surface area contributed by atoms with Crippen molar-refractivity contribution >= 4 is 17.3 Å². The molecule has 1 heterocycles. The minimum atomic E-state index is -0.169. The Kier molecular flexibility index (Phi) is 4.98. The van der Waals surface area contributed by atoms with E-state index in [1.165, 1.54) is 0 Å². The predicted molar refractivity (Wildman–Crippen MR) is 80.5 cm³/mol. The normalized spacial score (nSPS) is 17.1. The van der Waals surface area contributed by atoms with Crippen LogP contribution in [0.1, 0.15) is 24.8 Å². The number of anilines is 2. The van der Waals surface area contributed by atoms with Gasteiger partial charge in [0.15, 0.2) is 0 Å². The number of nitrogen functional groups attached to an aromatic ring is 1. The van der Waals surface area contributed by atoms with E-state index in [9.17, 15) is 9.90 Å². The van der Waals surface area contributed by atoms with Crippen LogP contribution in [0.25, 0.3) is 0 Å².